The third-order valence-corrected chi connectivity index (χ3v) is 4.80. The first-order valence-corrected chi connectivity index (χ1v) is 9.54. The number of carbonyl (C=O) groups excluding carboxylic acids is 1. The van der Waals surface area contributed by atoms with Gasteiger partial charge in [0, 0.05) is 19.6 Å². The molecule has 0 fully saturated rings. The molecule has 1 atom stereocenters. The first kappa shape index (κ1) is 20.2. The predicted octanol–water partition coefficient (Wildman–Crippen LogP) is 4.14. The van der Waals surface area contributed by atoms with Crippen molar-refractivity contribution >= 4 is 5.97 Å². The van der Waals surface area contributed by atoms with E-state index in [1.165, 1.54) is 5.56 Å². The average Bonchev–Trinajstić information content (AvgIpc) is 2.65. The molecular weight excluding hydrogens is 354 g/mol. The number of fused-ring (bicyclic) bond motifs is 1. The molecule has 1 heterocycles. The molecule has 0 spiro atoms. The lowest BCUT2D eigenvalue weighted by Crippen LogP contribution is -2.39. The number of carbonyl (C=O) groups is 1. The molecule has 1 aliphatic rings. The molecule has 2 aromatic rings. The normalized spacial score (nSPS) is 17.0. The maximum atomic E-state index is 13.0. The second kappa shape index (κ2) is 8.23. The average molecular weight is 383 g/mol. The van der Waals surface area contributed by atoms with Crippen LogP contribution in [0, 0.1) is 0 Å². The summed E-state index contributed by atoms with van der Waals surface area (Å²) in [5.41, 5.74) is 2.71. The van der Waals surface area contributed by atoms with Gasteiger partial charge >= 0.3 is 5.97 Å². The van der Waals surface area contributed by atoms with Gasteiger partial charge in [-0.1, -0.05) is 30.3 Å². The highest BCUT2D eigenvalue weighted by Gasteiger charge is 2.34. The fourth-order valence-corrected chi connectivity index (χ4v) is 3.60. The van der Waals surface area contributed by atoms with Gasteiger partial charge in [0.05, 0.1) is 20.1 Å². The van der Waals surface area contributed by atoms with E-state index in [1.807, 2.05) is 51.1 Å². The van der Waals surface area contributed by atoms with Crippen molar-refractivity contribution in [2.45, 2.75) is 45.4 Å². The van der Waals surface area contributed by atoms with Crippen LogP contribution in [-0.2, 0) is 22.6 Å². The van der Waals surface area contributed by atoms with Crippen LogP contribution in [0.4, 0.5) is 0 Å². The molecule has 5 nitrogen and oxygen atoms in total. The monoisotopic (exact) mass is 383 g/mol. The number of ether oxygens (including phenoxy) is 3. The third-order valence-electron chi connectivity index (χ3n) is 4.80. The zero-order valence-electron chi connectivity index (χ0n) is 17.3. The van der Waals surface area contributed by atoms with Gasteiger partial charge in [-0.25, -0.2) is 0 Å². The Morgan fingerprint density at radius 3 is 2.32 bits per heavy atom. The molecule has 150 valence electrons. The van der Waals surface area contributed by atoms with Crippen LogP contribution in [0.1, 0.15) is 43.4 Å². The van der Waals surface area contributed by atoms with Crippen LogP contribution in [0.2, 0.25) is 0 Å². The van der Waals surface area contributed by atoms with Gasteiger partial charge in [0.25, 0.3) is 0 Å². The van der Waals surface area contributed by atoms with Crippen LogP contribution in [0.25, 0.3) is 0 Å². The summed E-state index contributed by atoms with van der Waals surface area (Å²) in [5.74, 6) is 0.724. The van der Waals surface area contributed by atoms with E-state index < -0.39 is 5.60 Å². The third kappa shape index (κ3) is 4.65. The molecule has 0 radical (unpaired) electrons. The van der Waals surface area contributed by atoms with Gasteiger partial charge in [-0.2, -0.15) is 0 Å². The zero-order valence-corrected chi connectivity index (χ0v) is 17.3. The zero-order chi connectivity index (χ0) is 20.3. The van der Waals surface area contributed by atoms with E-state index in [-0.39, 0.29) is 11.9 Å². The molecule has 0 N–H and O–H groups in total. The lowest BCUT2D eigenvalue weighted by atomic mass is 9.88. The Bertz CT molecular complexity index is 826. The van der Waals surface area contributed by atoms with E-state index in [0.717, 1.165) is 24.2 Å². The minimum atomic E-state index is -0.532. The smallest absolute Gasteiger partial charge is 0.315 e. The molecule has 2 aromatic carbocycles. The van der Waals surface area contributed by atoms with Gasteiger partial charge < -0.3 is 14.2 Å². The van der Waals surface area contributed by atoms with Crippen molar-refractivity contribution in [3.05, 3.63) is 59.2 Å². The second-order valence-corrected chi connectivity index (χ2v) is 8.15. The largest absolute Gasteiger partial charge is 0.493 e. The Hall–Kier alpha value is -2.53. The fourth-order valence-electron chi connectivity index (χ4n) is 3.60. The van der Waals surface area contributed by atoms with Crippen molar-refractivity contribution in [3.63, 3.8) is 0 Å². The molecule has 5 heteroatoms. The minimum Gasteiger partial charge on any atom is -0.493 e. The number of nitrogens with zero attached hydrogens (tertiary/aromatic N) is 1. The van der Waals surface area contributed by atoms with Crippen LogP contribution >= 0.6 is 0 Å². The summed E-state index contributed by atoms with van der Waals surface area (Å²) in [6, 6.07) is 14.2. The number of hydrogen-bond acceptors (Lipinski definition) is 5. The molecule has 0 saturated heterocycles. The van der Waals surface area contributed by atoms with Gasteiger partial charge in [-0.05, 0) is 49.6 Å². The number of benzene rings is 2. The standard InChI is InChI=1S/C23H29NO4/c1-23(2,3)28-22(25)19-15-24(13-16-9-7-6-8-10-16)14-17-11-20(26-4)21(27-5)12-18(17)19/h6-12,19H,13-15H2,1-5H3. The van der Waals surface area contributed by atoms with E-state index >= 15 is 0 Å². The maximum absolute atomic E-state index is 13.0. The van der Waals surface area contributed by atoms with Crippen LogP contribution in [0.15, 0.2) is 42.5 Å². The first-order chi connectivity index (χ1) is 13.3. The van der Waals surface area contributed by atoms with Gasteiger partial charge in [-0.3, -0.25) is 9.69 Å². The lowest BCUT2D eigenvalue weighted by Gasteiger charge is -2.35. The predicted molar refractivity (Wildman–Crippen MR) is 109 cm³/mol. The van der Waals surface area contributed by atoms with Gasteiger partial charge in [0.15, 0.2) is 11.5 Å². The number of rotatable bonds is 5. The van der Waals surface area contributed by atoms with E-state index in [1.54, 1.807) is 14.2 Å². The quantitative estimate of drug-likeness (QED) is 0.726. The summed E-state index contributed by atoms with van der Waals surface area (Å²) in [6.07, 6.45) is 0. The Kier molecular flexibility index (Phi) is 5.94. The Morgan fingerprint density at radius 2 is 1.71 bits per heavy atom. The van der Waals surface area contributed by atoms with Crippen molar-refractivity contribution in [3.8, 4) is 11.5 Å². The SMILES string of the molecule is COc1cc2c(cc1OC)C(C(=O)OC(C)(C)C)CN(Cc1ccccc1)C2. The van der Waals surface area contributed by atoms with E-state index in [4.69, 9.17) is 14.2 Å². The van der Waals surface area contributed by atoms with Crippen molar-refractivity contribution in [2.75, 3.05) is 20.8 Å². The maximum Gasteiger partial charge on any atom is 0.315 e. The second-order valence-electron chi connectivity index (χ2n) is 8.15. The van der Waals surface area contributed by atoms with Crippen LogP contribution in [0.3, 0.4) is 0 Å². The Balaban J connectivity index is 1.96. The van der Waals surface area contributed by atoms with Crippen molar-refractivity contribution < 1.29 is 19.0 Å². The summed E-state index contributed by atoms with van der Waals surface area (Å²) in [4.78, 5) is 15.3. The van der Waals surface area contributed by atoms with Gasteiger partial charge in [-0.15, -0.1) is 0 Å². The topological polar surface area (TPSA) is 48.0 Å². The molecule has 0 bridgehead atoms. The summed E-state index contributed by atoms with van der Waals surface area (Å²) in [6.45, 7) is 7.80. The van der Waals surface area contributed by atoms with Crippen LogP contribution < -0.4 is 9.47 Å². The van der Waals surface area contributed by atoms with Crippen LogP contribution in [0.5, 0.6) is 11.5 Å². The number of hydrogen-bond donors (Lipinski definition) is 0. The van der Waals surface area contributed by atoms with Crippen molar-refractivity contribution in [1.29, 1.82) is 0 Å². The number of esters is 1. The number of methoxy groups -OCH3 is 2. The summed E-state index contributed by atoms with van der Waals surface area (Å²) < 4.78 is 16.7. The molecule has 0 saturated carbocycles. The fraction of sp³-hybridized carbons (Fsp3) is 0.435. The van der Waals surface area contributed by atoms with Crippen LogP contribution in [-0.4, -0.2) is 37.2 Å². The lowest BCUT2D eigenvalue weighted by molar-refractivity contribution is -0.157. The Morgan fingerprint density at radius 1 is 1.07 bits per heavy atom. The summed E-state index contributed by atoms with van der Waals surface area (Å²) in [5, 5.41) is 0. The molecule has 1 aliphatic heterocycles. The minimum absolute atomic E-state index is 0.210. The van der Waals surface area contributed by atoms with E-state index in [2.05, 4.69) is 17.0 Å². The van der Waals surface area contributed by atoms with Gasteiger partial charge in [0.1, 0.15) is 5.60 Å². The summed E-state index contributed by atoms with van der Waals surface area (Å²) in [7, 11) is 3.23. The van der Waals surface area contributed by atoms with Crippen molar-refractivity contribution in [2.24, 2.45) is 0 Å². The van der Waals surface area contributed by atoms with E-state index in [9.17, 15) is 4.79 Å². The first-order valence-electron chi connectivity index (χ1n) is 9.54. The highest BCUT2D eigenvalue weighted by molar-refractivity contribution is 5.80. The highest BCUT2D eigenvalue weighted by atomic mass is 16.6. The summed E-state index contributed by atoms with van der Waals surface area (Å²) >= 11 is 0. The van der Waals surface area contributed by atoms with Gasteiger partial charge in [0.2, 0.25) is 0 Å². The van der Waals surface area contributed by atoms with Crippen molar-refractivity contribution in [1.82, 2.24) is 4.90 Å². The molecule has 28 heavy (non-hydrogen) atoms. The molecule has 0 aromatic heterocycles. The molecular formula is C23H29NO4. The Labute approximate surface area is 167 Å². The highest BCUT2D eigenvalue weighted by Crippen LogP contribution is 2.38. The molecule has 0 amide bonds. The molecule has 3 rings (SSSR count). The molecule has 1 unspecified atom stereocenters. The van der Waals surface area contributed by atoms with E-state index in [0.29, 0.717) is 18.0 Å². The molecule has 0 aliphatic carbocycles.